The van der Waals surface area contributed by atoms with E-state index >= 15 is 0 Å². The van der Waals surface area contributed by atoms with Crippen LogP contribution in [0.15, 0.2) is 16.7 Å². The van der Waals surface area contributed by atoms with Crippen LogP contribution >= 0.6 is 15.9 Å². The molecule has 20 heavy (non-hydrogen) atoms. The molecule has 0 spiro atoms. The third-order valence-corrected chi connectivity index (χ3v) is 4.45. The third-order valence-electron chi connectivity index (χ3n) is 3.79. The van der Waals surface area contributed by atoms with E-state index in [1.165, 1.54) is 7.11 Å². The van der Waals surface area contributed by atoms with Crippen LogP contribution in [0.4, 0.5) is 0 Å². The minimum atomic E-state index is -0.555. The number of halogens is 1. The highest BCUT2D eigenvalue weighted by molar-refractivity contribution is 9.10. The topological polar surface area (TPSA) is 57.7 Å². The lowest BCUT2D eigenvalue weighted by atomic mass is 9.79. The van der Waals surface area contributed by atoms with Gasteiger partial charge in [0.25, 0.3) is 0 Å². The second-order valence-corrected chi connectivity index (χ2v) is 6.53. The summed E-state index contributed by atoms with van der Waals surface area (Å²) in [6.45, 7) is 7.90. The number of rotatable bonds is 2. The van der Waals surface area contributed by atoms with Gasteiger partial charge in [0.05, 0.1) is 18.3 Å². The van der Waals surface area contributed by atoms with Gasteiger partial charge in [-0.15, -0.1) is 0 Å². The van der Waals surface area contributed by atoms with Crippen LogP contribution in [0.2, 0.25) is 0 Å². The molecule has 108 valence electrons. The minimum Gasteiger partial charge on any atom is -0.464 e. The van der Waals surface area contributed by atoms with Crippen LogP contribution < -0.4 is 5.46 Å². The maximum atomic E-state index is 11.6. The molecule has 2 heterocycles. The minimum absolute atomic E-state index is 0.223. The Balaban J connectivity index is 2.37. The van der Waals surface area contributed by atoms with Crippen LogP contribution in [0.25, 0.3) is 0 Å². The highest BCUT2D eigenvalue weighted by Crippen LogP contribution is 2.36. The molecule has 0 radical (unpaired) electrons. The Labute approximate surface area is 127 Å². The first-order chi connectivity index (χ1) is 9.18. The van der Waals surface area contributed by atoms with E-state index in [-0.39, 0.29) is 5.69 Å². The zero-order valence-electron chi connectivity index (χ0n) is 12.2. The number of aromatic nitrogens is 1. The normalized spacial score (nSPS) is 20.0. The first-order valence-electron chi connectivity index (χ1n) is 6.27. The average Bonchev–Trinajstić information content (AvgIpc) is 2.58. The fourth-order valence-corrected chi connectivity index (χ4v) is 2.22. The van der Waals surface area contributed by atoms with E-state index in [0.717, 1.165) is 9.94 Å². The van der Waals surface area contributed by atoms with Crippen molar-refractivity contribution in [3.63, 3.8) is 0 Å². The van der Waals surface area contributed by atoms with Gasteiger partial charge in [-0.25, -0.2) is 9.78 Å². The molecule has 7 heteroatoms. The molecule has 1 fully saturated rings. The number of esters is 1. The van der Waals surface area contributed by atoms with Crippen molar-refractivity contribution in [3.05, 3.63) is 22.4 Å². The Kier molecular flexibility index (Phi) is 3.97. The summed E-state index contributed by atoms with van der Waals surface area (Å²) in [5.74, 6) is -0.490. The molecule has 0 bridgehead atoms. The lowest BCUT2D eigenvalue weighted by molar-refractivity contribution is 0.00578. The molecule has 1 saturated heterocycles. The summed E-state index contributed by atoms with van der Waals surface area (Å²) in [5.41, 5.74) is 0.0666. The van der Waals surface area contributed by atoms with Crippen molar-refractivity contribution in [1.82, 2.24) is 4.98 Å². The van der Waals surface area contributed by atoms with Gasteiger partial charge in [-0.2, -0.15) is 0 Å². The second-order valence-electron chi connectivity index (χ2n) is 5.67. The Morgan fingerprint density at radius 3 is 2.35 bits per heavy atom. The van der Waals surface area contributed by atoms with E-state index < -0.39 is 24.3 Å². The zero-order valence-corrected chi connectivity index (χ0v) is 13.8. The first-order valence-corrected chi connectivity index (χ1v) is 7.06. The van der Waals surface area contributed by atoms with E-state index in [1.807, 2.05) is 27.7 Å². The predicted molar refractivity (Wildman–Crippen MR) is 79.0 cm³/mol. The van der Waals surface area contributed by atoms with Gasteiger partial charge in [-0.3, -0.25) is 0 Å². The molecule has 2 rings (SSSR count). The lowest BCUT2D eigenvalue weighted by Gasteiger charge is -2.32. The molecular weight excluding hydrogens is 325 g/mol. The maximum Gasteiger partial charge on any atom is 0.496 e. The van der Waals surface area contributed by atoms with Crippen LogP contribution in [0.5, 0.6) is 0 Å². The Morgan fingerprint density at radius 1 is 1.30 bits per heavy atom. The summed E-state index contributed by atoms with van der Waals surface area (Å²) in [7, 11) is 0.765. The maximum absolute atomic E-state index is 11.6. The van der Waals surface area contributed by atoms with Crippen molar-refractivity contribution in [2.24, 2.45) is 0 Å². The van der Waals surface area contributed by atoms with Gasteiger partial charge < -0.3 is 14.0 Å². The molecule has 1 aromatic rings. The molecule has 1 aliphatic heterocycles. The molecule has 0 amide bonds. The Hall–Kier alpha value is -0.915. The summed E-state index contributed by atoms with van der Waals surface area (Å²) in [6.07, 6.45) is 1.55. The van der Waals surface area contributed by atoms with Gasteiger partial charge >= 0.3 is 13.1 Å². The fourth-order valence-electron chi connectivity index (χ4n) is 1.82. The molecule has 0 saturated carbocycles. The van der Waals surface area contributed by atoms with Gasteiger partial charge in [0, 0.05) is 16.1 Å². The van der Waals surface area contributed by atoms with Crippen molar-refractivity contribution in [3.8, 4) is 0 Å². The summed E-state index contributed by atoms with van der Waals surface area (Å²) >= 11 is 3.41. The number of carbonyl (C=O) groups excluding carboxylic acids is 1. The smallest absolute Gasteiger partial charge is 0.464 e. The fraction of sp³-hybridized carbons (Fsp3) is 0.538. The molecule has 0 N–H and O–H groups in total. The number of carbonyl (C=O) groups is 1. The average molecular weight is 342 g/mol. The monoisotopic (exact) mass is 341 g/mol. The lowest BCUT2D eigenvalue weighted by Crippen LogP contribution is -2.41. The van der Waals surface area contributed by atoms with Gasteiger partial charge in [-0.05, 0) is 49.7 Å². The van der Waals surface area contributed by atoms with Gasteiger partial charge in [0.15, 0.2) is 0 Å². The molecule has 1 aromatic heterocycles. The van der Waals surface area contributed by atoms with E-state index in [1.54, 1.807) is 12.3 Å². The standard InChI is InChI=1S/C13H17BBrNO4/c1-12(2)13(3,4)20-14(19-12)8-6-10(11(17)18-5)16-7-9(8)15/h6-7H,1-5H3. The van der Waals surface area contributed by atoms with Gasteiger partial charge in [-0.1, -0.05) is 0 Å². The largest absolute Gasteiger partial charge is 0.496 e. The molecule has 0 aliphatic carbocycles. The van der Waals surface area contributed by atoms with E-state index in [2.05, 4.69) is 25.7 Å². The van der Waals surface area contributed by atoms with Crippen LogP contribution in [0.1, 0.15) is 38.2 Å². The van der Waals surface area contributed by atoms with Crippen LogP contribution in [-0.4, -0.2) is 36.4 Å². The van der Waals surface area contributed by atoms with Crippen molar-refractivity contribution in [2.45, 2.75) is 38.9 Å². The molecule has 0 aromatic carbocycles. The highest BCUT2D eigenvalue weighted by Gasteiger charge is 2.52. The van der Waals surface area contributed by atoms with Crippen LogP contribution in [-0.2, 0) is 14.0 Å². The molecular formula is C13H17BBrNO4. The quantitative estimate of drug-likeness (QED) is 0.607. The molecule has 5 nitrogen and oxygen atoms in total. The van der Waals surface area contributed by atoms with Gasteiger partial charge in [0.1, 0.15) is 5.69 Å². The van der Waals surface area contributed by atoms with Crippen LogP contribution in [0, 0.1) is 0 Å². The summed E-state index contributed by atoms with van der Waals surface area (Å²) in [4.78, 5) is 15.6. The van der Waals surface area contributed by atoms with Crippen molar-refractivity contribution in [1.29, 1.82) is 0 Å². The second kappa shape index (κ2) is 5.13. The number of nitrogens with zero attached hydrogens (tertiary/aromatic N) is 1. The Morgan fingerprint density at radius 2 is 1.85 bits per heavy atom. The van der Waals surface area contributed by atoms with E-state index in [9.17, 15) is 4.79 Å². The molecule has 0 unspecified atom stereocenters. The first kappa shape index (κ1) is 15.5. The van der Waals surface area contributed by atoms with Crippen molar-refractivity contribution < 1.29 is 18.8 Å². The van der Waals surface area contributed by atoms with Gasteiger partial charge in [0.2, 0.25) is 0 Å². The number of pyridine rings is 1. The number of methoxy groups -OCH3 is 1. The number of hydrogen-bond acceptors (Lipinski definition) is 5. The predicted octanol–water partition coefficient (Wildman–Crippen LogP) is 1.93. The summed E-state index contributed by atoms with van der Waals surface area (Å²) < 4.78 is 17.3. The highest BCUT2D eigenvalue weighted by atomic mass is 79.9. The molecule has 0 atom stereocenters. The Bertz CT molecular complexity index is 531. The van der Waals surface area contributed by atoms with E-state index in [4.69, 9.17) is 9.31 Å². The SMILES string of the molecule is COC(=O)c1cc(B2OC(C)(C)C(C)(C)O2)c(Br)cn1. The van der Waals surface area contributed by atoms with Crippen molar-refractivity contribution >= 4 is 34.5 Å². The number of ether oxygens (including phenoxy) is 1. The van der Waals surface area contributed by atoms with E-state index in [0.29, 0.717) is 0 Å². The number of hydrogen-bond donors (Lipinski definition) is 0. The molecule has 1 aliphatic rings. The summed E-state index contributed by atoms with van der Waals surface area (Å²) in [6, 6.07) is 1.62. The van der Waals surface area contributed by atoms with Crippen molar-refractivity contribution in [2.75, 3.05) is 7.11 Å². The zero-order chi connectivity index (χ0) is 15.1. The van der Waals surface area contributed by atoms with Crippen LogP contribution in [0.3, 0.4) is 0 Å². The summed E-state index contributed by atoms with van der Waals surface area (Å²) in [5, 5.41) is 0. The third kappa shape index (κ3) is 2.62.